The van der Waals surface area contributed by atoms with Gasteiger partial charge in [0.25, 0.3) is 5.91 Å². The van der Waals surface area contributed by atoms with Crippen LogP contribution in [0, 0.1) is 0 Å². The number of anilines is 3. The molecule has 3 aromatic heterocycles. The normalized spacial score (nSPS) is 14.1. The molecule has 1 aliphatic heterocycles. The number of hydrogen-bond acceptors (Lipinski definition) is 8. The third kappa shape index (κ3) is 3.79. The number of aromatic nitrogens is 4. The zero-order chi connectivity index (χ0) is 20.3. The summed E-state index contributed by atoms with van der Waals surface area (Å²) in [5, 5.41) is 2.86. The minimum Gasteiger partial charge on any atom is -0.353 e. The minimum absolute atomic E-state index is 0.189. The number of pyridine rings is 1. The van der Waals surface area contributed by atoms with Crippen molar-refractivity contribution in [3.05, 3.63) is 66.1 Å². The fourth-order valence-electron chi connectivity index (χ4n) is 3.43. The average Bonchev–Trinajstić information content (AvgIpc) is 3.28. The van der Waals surface area contributed by atoms with Crippen molar-refractivity contribution in [1.29, 1.82) is 0 Å². The fraction of sp³-hybridized carbons (Fsp3) is 0.190. The maximum absolute atomic E-state index is 12.5. The number of benzene rings is 1. The van der Waals surface area contributed by atoms with E-state index in [2.05, 4.69) is 35.1 Å². The SMILES string of the molecule is O=C(Nc1cnc(N2CCN(c3ccccn3)CC2)nc1)c1ccc2ncsc2c1. The molecule has 1 N–H and O–H groups in total. The second-order valence-corrected chi connectivity index (χ2v) is 7.81. The number of nitrogens with one attached hydrogen (secondary N) is 1. The van der Waals surface area contributed by atoms with Crippen LogP contribution < -0.4 is 15.1 Å². The molecule has 1 aromatic carbocycles. The molecule has 9 heteroatoms. The number of rotatable bonds is 4. The first-order chi connectivity index (χ1) is 14.8. The predicted molar refractivity (Wildman–Crippen MR) is 118 cm³/mol. The monoisotopic (exact) mass is 417 g/mol. The first kappa shape index (κ1) is 18.4. The van der Waals surface area contributed by atoms with E-state index in [0.717, 1.165) is 42.2 Å². The molecule has 0 bridgehead atoms. The Morgan fingerprint density at radius 3 is 2.50 bits per heavy atom. The van der Waals surface area contributed by atoms with Crippen molar-refractivity contribution in [3.8, 4) is 0 Å². The van der Waals surface area contributed by atoms with E-state index in [4.69, 9.17) is 0 Å². The van der Waals surface area contributed by atoms with Gasteiger partial charge in [0.05, 0.1) is 33.8 Å². The number of carbonyl (C=O) groups excluding carboxylic acids is 1. The smallest absolute Gasteiger partial charge is 0.255 e. The molecule has 1 amide bonds. The van der Waals surface area contributed by atoms with Crippen LogP contribution in [0.1, 0.15) is 10.4 Å². The standard InChI is InChI=1S/C21H19N7OS/c29-20(15-4-5-17-18(11-15)30-14-25-17)26-16-12-23-21(24-13-16)28-9-7-27(8-10-28)19-3-1-2-6-22-19/h1-6,11-14H,7-10H2,(H,26,29). The molecule has 0 atom stereocenters. The molecule has 150 valence electrons. The van der Waals surface area contributed by atoms with Gasteiger partial charge in [0.1, 0.15) is 5.82 Å². The molecule has 0 saturated carbocycles. The maximum Gasteiger partial charge on any atom is 0.255 e. The summed E-state index contributed by atoms with van der Waals surface area (Å²) < 4.78 is 0.985. The number of thiazole rings is 1. The minimum atomic E-state index is -0.189. The van der Waals surface area contributed by atoms with Gasteiger partial charge < -0.3 is 15.1 Å². The van der Waals surface area contributed by atoms with Crippen LogP contribution in [-0.2, 0) is 0 Å². The third-order valence-corrected chi connectivity index (χ3v) is 5.82. The number of hydrogen-bond donors (Lipinski definition) is 1. The molecule has 0 unspecified atom stereocenters. The first-order valence-electron chi connectivity index (χ1n) is 9.64. The van der Waals surface area contributed by atoms with Crippen LogP contribution in [0.4, 0.5) is 17.5 Å². The molecular weight excluding hydrogens is 398 g/mol. The summed E-state index contributed by atoms with van der Waals surface area (Å²) in [6, 6.07) is 11.4. The van der Waals surface area contributed by atoms with E-state index in [1.54, 1.807) is 24.0 Å². The molecule has 8 nitrogen and oxygen atoms in total. The number of amides is 1. The van der Waals surface area contributed by atoms with Crippen molar-refractivity contribution in [1.82, 2.24) is 19.9 Å². The molecule has 5 rings (SSSR count). The molecule has 4 aromatic rings. The first-order valence-corrected chi connectivity index (χ1v) is 10.5. The van der Waals surface area contributed by atoms with E-state index in [1.807, 2.05) is 36.5 Å². The van der Waals surface area contributed by atoms with Gasteiger partial charge >= 0.3 is 0 Å². The summed E-state index contributed by atoms with van der Waals surface area (Å²) in [6.07, 6.45) is 5.11. The van der Waals surface area contributed by atoms with E-state index in [9.17, 15) is 4.79 Å². The van der Waals surface area contributed by atoms with Gasteiger partial charge in [0.15, 0.2) is 0 Å². The van der Waals surface area contributed by atoms with Crippen LogP contribution in [0.15, 0.2) is 60.5 Å². The van der Waals surface area contributed by atoms with Crippen molar-refractivity contribution in [3.63, 3.8) is 0 Å². The van der Waals surface area contributed by atoms with Crippen molar-refractivity contribution < 1.29 is 4.79 Å². The number of fused-ring (bicyclic) bond motifs is 1. The highest BCUT2D eigenvalue weighted by molar-refractivity contribution is 7.16. The molecule has 0 radical (unpaired) electrons. The molecule has 30 heavy (non-hydrogen) atoms. The van der Waals surface area contributed by atoms with Crippen LogP contribution in [0.3, 0.4) is 0 Å². The summed E-state index contributed by atoms with van der Waals surface area (Å²) in [4.78, 5) is 34.5. The van der Waals surface area contributed by atoms with Crippen molar-refractivity contribution in [2.45, 2.75) is 0 Å². The van der Waals surface area contributed by atoms with Crippen LogP contribution in [0.2, 0.25) is 0 Å². The van der Waals surface area contributed by atoms with Crippen molar-refractivity contribution in [2.75, 3.05) is 41.3 Å². The number of piperazine rings is 1. The predicted octanol–water partition coefficient (Wildman–Crippen LogP) is 3.06. The largest absolute Gasteiger partial charge is 0.353 e. The average molecular weight is 417 g/mol. The Bertz CT molecular complexity index is 1150. The van der Waals surface area contributed by atoms with Gasteiger partial charge in [-0.2, -0.15) is 0 Å². The highest BCUT2D eigenvalue weighted by Gasteiger charge is 2.20. The quantitative estimate of drug-likeness (QED) is 0.546. The Hall–Kier alpha value is -3.59. The van der Waals surface area contributed by atoms with Crippen LogP contribution in [0.25, 0.3) is 10.2 Å². The molecular formula is C21H19N7OS. The molecule has 1 aliphatic rings. The zero-order valence-corrected chi connectivity index (χ0v) is 16.9. The lowest BCUT2D eigenvalue weighted by Crippen LogP contribution is -2.47. The van der Waals surface area contributed by atoms with E-state index in [0.29, 0.717) is 17.2 Å². The van der Waals surface area contributed by atoms with E-state index in [1.165, 1.54) is 11.3 Å². The maximum atomic E-state index is 12.5. The van der Waals surface area contributed by atoms with Gasteiger partial charge in [-0.1, -0.05) is 6.07 Å². The summed E-state index contributed by atoms with van der Waals surface area (Å²) in [5.74, 6) is 1.47. The van der Waals surface area contributed by atoms with Gasteiger partial charge in [0.2, 0.25) is 5.95 Å². The lowest BCUT2D eigenvalue weighted by Gasteiger charge is -2.35. The third-order valence-electron chi connectivity index (χ3n) is 5.03. The van der Waals surface area contributed by atoms with Gasteiger partial charge in [-0.15, -0.1) is 11.3 Å². The second-order valence-electron chi connectivity index (χ2n) is 6.92. The highest BCUT2D eigenvalue weighted by Crippen LogP contribution is 2.20. The summed E-state index contributed by atoms with van der Waals surface area (Å²) >= 11 is 1.51. The summed E-state index contributed by atoms with van der Waals surface area (Å²) in [5.41, 5.74) is 3.82. The number of carbonyl (C=O) groups is 1. The zero-order valence-electron chi connectivity index (χ0n) is 16.1. The molecule has 4 heterocycles. The van der Waals surface area contributed by atoms with Gasteiger partial charge in [-0.05, 0) is 30.3 Å². The highest BCUT2D eigenvalue weighted by atomic mass is 32.1. The fourth-order valence-corrected chi connectivity index (χ4v) is 4.14. The summed E-state index contributed by atoms with van der Waals surface area (Å²) in [7, 11) is 0. The Morgan fingerprint density at radius 2 is 1.73 bits per heavy atom. The number of nitrogens with zero attached hydrogens (tertiary/aromatic N) is 6. The van der Waals surface area contributed by atoms with Gasteiger partial charge in [0, 0.05) is 37.9 Å². The molecule has 0 spiro atoms. The van der Waals surface area contributed by atoms with Gasteiger partial charge in [-0.3, -0.25) is 4.79 Å². The van der Waals surface area contributed by atoms with E-state index < -0.39 is 0 Å². The van der Waals surface area contributed by atoms with Crippen LogP contribution in [-0.4, -0.2) is 52.0 Å². The topological polar surface area (TPSA) is 87.1 Å². The van der Waals surface area contributed by atoms with Crippen molar-refractivity contribution in [2.24, 2.45) is 0 Å². The lowest BCUT2D eigenvalue weighted by atomic mass is 10.2. The Morgan fingerprint density at radius 1 is 0.933 bits per heavy atom. The molecule has 1 saturated heterocycles. The summed E-state index contributed by atoms with van der Waals surface area (Å²) in [6.45, 7) is 3.35. The van der Waals surface area contributed by atoms with E-state index >= 15 is 0 Å². The lowest BCUT2D eigenvalue weighted by molar-refractivity contribution is 0.102. The Kier molecular flexibility index (Phi) is 4.94. The van der Waals surface area contributed by atoms with Crippen LogP contribution >= 0.6 is 11.3 Å². The second kappa shape index (κ2) is 8.03. The Balaban J connectivity index is 1.21. The molecule has 0 aliphatic carbocycles. The van der Waals surface area contributed by atoms with Gasteiger partial charge in [-0.25, -0.2) is 19.9 Å². The van der Waals surface area contributed by atoms with Crippen molar-refractivity contribution >= 4 is 44.9 Å². The Labute approximate surface area is 177 Å². The van der Waals surface area contributed by atoms with Crippen LogP contribution in [0.5, 0.6) is 0 Å². The molecule has 1 fully saturated rings. The van der Waals surface area contributed by atoms with E-state index in [-0.39, 0.29) is 5.91 Å².